The van der Waals surface area contributed by atoms with Crippen molar-refractivity contribution in [1.82, 2.24) is 4.31 Å². The molecule has 1 aromatic carbocycles. The quantitative estimate of drug-likeness (QED) is 0.928. The molecule has 0 bridgehead atoms. The fourth-order valence-corrected chi connectivity index (χ4v) is 4.30. The smallest absolute Gasteiger partial charge is 0.243 e. The lowest BCUT2D eigenvalue weighted by atomic mass is 9.87. The molecule has 0 amide bonds. The van der Waals surface area contributed by atoms with Crippen molar-refractivity contribution in [2.75, 3.05) is 7.05 Å². The summed E-state index contributed by atoms with van der Waals surface area (Å²) in [6.45, 7) is 2.18. The monoisotopic (exact) mass is 314 g/mol. The fourth-order valence-electron chi connectivity index (χ4n) is 2.84. The number of nitrogens with two attached hydrogens (primary N) is 1. The van der Waals surface area contributed by atoms with Gasteiger partial charge in [0.15, 0.2) is 0 Å². The van der Waals surface area contributed by atoms with Crippen molar-refractivity contribution in [3.8, 4) is 0 Å². The van der Waals surface area contributed by atoms with Crippen LogP contribution in [0.15, 0.2) is 23.1 Å². The molecule has 0 aliphatic heterocycles. The fraction of sp³-hybridized carbons (Fsp3) is 0.600. The van der Waals surface area contributed by atoms with E-state index >= 15 is 0 Å². The normalized spacial score (nSPS) is 23.5. The first-order chi connectivity index (χ1) is 9.86. The van der Waals surface area contributed by atoms with Crippen molar-refractivity contribution in [3.05, 3.63) is 29.6 Å². The third kappa shape index (κ3) is 3.44. The van der Waals surface area contributed by atoms with Gasteiger partial charge < -0.3 is 5.73 Å². The Balaban J connectivity index is 2.24. The van der Waals surface area contributed by atoms with Crippen molar-refractivity contribution in [2.45, 2.75) is 50.1 Å². The zero-order chi connectivity index (χ0) is 15.6. The average molecular weight is 314 g/mol. The van der Waals surface area contributed by atoms with E-state index in [1.54, 1.807) is 7.05 Å². The Labute approximate surface area is 126 Å². The molecule has 0 heterocycles. The van der Waals surface area contributed by atoms with Crippen LogP contribution in [0.25, 0.3) is 0 Å². The first-order valence-corrected chi connectivity index (χ1v) is 8.76. The topological polar surface area (TPSA) is 63.4 Å². The van der Waals surface area contributed by atoms with E-state index in [0.717, 1.165) is 25.7 Å². The molecule has 2 rings (SSSR count). The van der Waals surface area contributed by atoms with Crippen molar-refractivity contribution < 1.29 is 12.8 Å². The lowest BCUT2D eigenvalue weighted by Crippen LogP contribution is -2.39. The van der Waals surface area contributed by atoms with Crippen molar-refractivity contribution in [3.63, 3.8) is 0 Å². The molecule has 1 fully saturated rings. The minimum absolute atomic E-state index is 0.0140. The molecular formula is C15H23FN2O2S. The Hall–Kier alpha value is -0.980. The average Bonchev–Trinajstić information content (AvgIpc) is 2.47. The van der Waals surface area contributed by atoms with Crippen LogP contribution < -0.4 is 5.73 Å². The molecule has 1 aromatic rings. The first-order valence-electron chi connectivity index (χ1n) is 7.32. The SMILES string of the molecule is CC1CCC(N(C)S(=O)(=O)c2ccc(F)c(CN)c2)CC1. The number of benzene rings is 1. The summed E-state index contributed by atoms with van der Waals surface area (Å²) in [6.07, 6.45) is 3.84. The lowest BCUT2D eigenvalue weighted by Gasteiger charge is -2.32. The van der Waals surface area contributed by atoms with Gasteiger partial charge in [-0.25, -0.2) is 12.8 Å². The van der Waals surface area contributed by atoms with Gasteiger partial charge in [-0.05, 0) is 49.8 Å². The van der Waals surface area contributed by atoms with Gasteiger partial charge >= 0.3 is 0 Å². The minimum Gasteiger partial charge on any atom is -0.326 e. The highest BCUT2D eigenvalue weighted by Gasteiger charge is 2.30. The second kappa shape index (κ2) is 6.42. The van der Waals surface area contributed by atoms with Crippen LogP contribution in [0.3, 0.4) is 0 Å². The van der Waals surface area contributed by atoms with E-state index in [1.807, 2.05) is 0 Å². The Morgan fingerprint density at radius 2 is 1.90 bits per heavy atom. The Kier molecular flexibility index (Phi) is 5.01. The van der Waals surface area contributed by atoms with Gasteiger partial charge in [0.05, 0.1) is 4.90 Å². The third-order valence-electron chi connectivity index (χ3n) is 4.41. The third-order valence-corrected chi connectivity index (χ3v) is 6.32. The number of sulfonamides is 1. The predicted octanol–water partition coefficient (Wildman–Crippen LogP) is 2.48. The molecule has 0 atom stereocenters. The molecule has 0 unspecified atom stereocenters. The van der Waals surface area contributed by atoms with Crippen LogP contribution in [0, 0.1) is 11.7 Å². The second-order valence-corrected chi connectivity index (χ2v) is 7.89. The molecule has 0 radical (unpaired) electrons. The van der Waals surface area contributed by atoms with E-state index in [1.165, 1.54) is 22.5 Å². The summed E-state index contributed by atoms with van der Waals surface area (Å²) in [4.78, 5) is 0.116. The largest absolute Gasteiger partial charge is 0.326 e. The Morgan fingerprint density at radius 3 is 2.48 bits per heavy atom. The van der Waals surface area contributed by atoms with E-state index in [0.29, 0.717) is 5.92 Å². The van der Waals surface area contributed by atoms with Gasteiger partial charge in [-0.1, -0.05) is 6.92 Å². The number of hydrogen-bond acceptors (Lipinski definition) is 3. The summed E-state index contributed by atoms with van der Waals surface area (Å²) in [5.74, 6) is 0.192. The van der Waals surface area contributed by atoms with Gasteiger partial charge in [-0.3, -0.25) is 0 Å². The van der Waals surface area contributed by atoms with E-state index in [2.05, 4.69) is 6.92 Å². The van der Waals surface area contributed by atoms with Gasteiger partial charge in [0.25, 0.3) is 0 Å². The highest BCUT2D eigenvalue weighted by atomic mass is 32.2. The zero-order valence-corrected chi connectivity index (χ0v) is 13.4. The molecule has 6 heteroatoms. The van der Waals surface area contributed by atoms with Crippen LogP contribution in [-0.4, -0.2) is 25.8 Å². The first kappa shape index (κ1) is 16.4. The summed E-state index contributed by atoms with van der Waals surface area (Å²) in [6, 6.07) is 3.85. The summed E-state index contributed by atoms with van der Waals surface area (Å²) >= 11 is 0. The molecule has 4 nitrogen and oxygen atoms in total. The molecule has 118 valence electrons. The van der Waals surface area contributed by atoms with Crippen LogP contribution in [-0.2, 0) is 16.6 Å². The number of nitrogens with zero attached hydrogens (tertiary/aromatic N) is 1. The molecule has 1 aliphatic carbocycles. The number of hydrogen-bond donors (Lipinski definition) is 1. The number of rotatable bonds is 4. The second-order valence-electron chi connectivity index (χ2n) is 5.89. The molecule has 1 saturated carbocycles. The maximum atomic E-state index is 13.5. The van der Waals surface area contributed by atoms with Gasteiger partial charge in [-0.2, -0.15) is 4.31 Å². The van der Waals surface area contributed by atoms with E-state index in [-0.39, 0.29) is 23.0 Å². The van der Waals surface area contributed by atoms with Gasteiger partial charge in [0.2, 0.25) is 10.0 Å². The summed E-state index contributed by atoms with van der Waals surface area (Å²) in [7, 11) is -1.98. The van der Waals surface area contributed by atoms with Crippen LogP contribution in [0.1, 0.15) is 38.2 Å². The molecule has 0 aromatic heterocycles. The highest BCUT2D eigenvalue weighted by Crippen LogP contribution is 2.29. The van der Waals surface area contributed by atoms with Crippen LogP contribution >= 0.6 is 0 Å². The summed E-state index contributed by atoms with van der Waals surface area (Å²) < 4.78 is 40.2. The molecule has 1 aliphatic rings. The van der Waals surface area contributed by atoms with E-state index in [4.69, 9.17) is 5.73 Å². The highest BCUT2D eigenvalue weighted by molar-refractivity contribution is 7.89. The molecule has 2 N–H and O–H groups in total. The maximum absolute atomic E-state index is 13.5. The molecule has 0 spiro atoms. The summed E-state index contributed by atoms with van der Waals surface area (Å²) in [5.41, 5.74) is 5.67. The standard InChI is InChI=1S/C15H23FN2O2S/c1-11-3-5-13(6-4-11)18(2)21(19,20)14-7-8-15(16)12(9-14)10-17/h7-9,11,13H,3-6,10,17H2,1-2H3. The molecule has 21 heavy (non-hydrogen) atoms. The van der Waals surface area contributed by atoms with Crippen LogP contribution in [0.2, 0.25) is 0 Å². The minimum atomic E-state index is -3.59. The van der Waals surface area contributed by atoms with Crippen molar-refractivity contribution in [2.24, 2.45) is 11.7 Å². The van der Waals surface area contributed by atoms with Gasteiger partial charge in [0.1, 0.15) is 5.82 Å². The van der Waals surface area contributed by atoms with E-state index in [9.17, 15) is 12.8 Å². The zero-order valence-electron chi connectivity index (χ0n) is 12.5. The van der Waals surface area contributed by atoms with E-state index < -0.39 is 15.8 Å². The molecule has 0 saturated heterocycles. The summed E-state index contributed by atoms with van der Waals surface area (Å²) in [5, 5.41) is 0. The van der Waals surface area contributed by atoms with Crippen LogP contribution in [0.5, 0.6) is 0 Å². The lowest BCUT2D eigenvalue weighted by molar-refractivity contribution is 0.246. The van der Waals surface area contributed by atoms with Gasteiger partial charge in [0, 0.05) is 25.2 Å². The Bertz CT molecular complexity index is 596. The predicted molar refractivity (Wildman–Crippen MR) is 80.7 cm³/mol. The molecular weight excluding hydrogens is 291 g/mol. The Morgan fingerprint density at radius 1 is 1.29 bits per heavy atom. The van der Waals surface area contributed by atoms with Crippen molar-refractivity contribution in [1.29, 1.82) is 0 Å². The van der Waals surface area contributed by atoms with Crippen LogP contribution in [0.4, 0.5) is 4.39 Å². The van der Waals surface area contributed by atoms with Crippen molar-refractivity contribution >= 4 is 10.0 Å². The van der Waals surface area contributed by atoms with Gasteiger partial charge in [-0.15, -0.1) is 0 Å². The number of halogens is 1. The maximum Gasteiger partial charge on any atom is 0.243 e.